The second-order valence-corrected chi connectivity index (χ2v) is 4.20. The van der Waals surface area contributed by atoms with Gasteiger partial charge in [-0.25, -0.2) is 0 Å². The lowest BCUT2D eigenvalue weighted by Gasteiger charge is -2.01. The van der Waals surface area contributed by atoms with Crippen molar-refractivity contribution < 1.29 is 17.7 Å². The lowest BCUT2D eigenvalue weighted by molar-refractivity contribution is -0.134. The van der Waals surface area contributed by atoms with Crippen LogP contribution in [0.5, 0.6) is 0 Å². The van der Waals surface area contributed by atoms with Crippen molar-refractivity contribution in [1.29, 1.82) is 0 Å². The third-order valence-electron chi connectivity index (χ3n) is 2.49. The topological polar surface area (TPSA) is 51.0 Å². The molecular formula is C10H14F3N3O. The Morgan fingerprint density at radius 1 is 1.29 bits per heavy atom. The van der Waals surface area contributed by atoms with Gasteiger partial charge in [-0.05, 0) is 12.8 Å². The van der Waals surface area contributed by atoms with E-state index in [-0.39, 0.29) is 12.2 Å². The van der Waals surface area contributed by atoms with Crippen LogP contribution in [0.2, 0.25) is 0 Å². The summed E-state index contributed by atoms with van der Waals surface area (Å²) in [5, 5.41) is 6.78. The molecular weight excluding hydrogens is 235 g/mol. The number of aryl methyl sites for hydroxylation is 1. The molecule has 0 spiro atoms. The molecule has 7 heteroatoms. The number of aromatic nitrogens is 2. The molecule has 0 amide bonds. The predicted octanol–water partition coefficient (Wildman–Crippen LogP) is 1.86. The molecule has 17 heavy (non-hydrogen) atoms. The van der Waals surface area contributed by atoms with E-state index in [0.717, 1.165) is 6.54 Å². The first kappa shape index (κ1) is 12.3. The van der Waals surface area contributed by atoms with E-state index >= 15 is 0 Å². The molecule has 2 rings (SSSR count). The summed E-state index contributed by atoms with van der Waals surface area (Å²) >= 11 is 0. The van der Waals surface area contributed by atoms with Crippen molar-refractivity contribution in [2.24, 2.45) is 0 Å². The van der Waals surface area contributed by atoms with Crippen LogP contribution < -0.4 is 5.32 Å². The van der Waals surface area contributed by atoms with Gasteiger partial charge in [0.2, 0.25) is 5.89 Å². The Balaban J connectivity index is 1.70. The number of alkyl halides is 3. The molecule has 0 atom stereocenters. The van der Waals surface area contributed by atoms with Crippen LogP contribution >= 0.6 is 0 Å². The zero-order chi connectivity index (χ0) is 12.3. The van der Waals surface area contributed by atoms with Gasteiger partial charge in [-0.1, -0.05) is 5.16 Å². The number of hydrogen-bond donors (Lipinski definition) is 1. The predicted molar refractivity (Wildman–Crippen MR) is 53.4 cm³/mol. The van der Waals surface area contributed by atoms with Gasteiger partial charge in [-0.2, -0.15) is 18.2 Å². The van der Waals surface area contributed by atoms with Crippen LogP contribution in [0.15, 0.2) is 4.52 Å². The summed E-state index contributed by atoms with van der Waals surface area (Å²) < 4.78 is 40.7. The van der Waals surface area contributed by atoms with Crippen molar-refractivity contribution in [3.63, 3.8) is 0 Å². The molecule has 1 aromatic rings. The van der Waals surface area contributed by atoms with Gasteiger partial charge in [0.15, 0.2) is 5.82 Å². The van der Waals surface area contributed by atoms with E-state index in [1.165, 1.54) is 12.8 Å². The summed E-state index contributed by atoms with van der Waals surface area (Å²) in [4.78, 5) is 3.91. The van der Waals surface area contributed by atoms with E-state index < -0.39 is 12.6 Å². The molecule has 1 aliphatic carbocycles. The number of hydrogen-bond acceptors (Lipinski definition) is 4. The molecule has 0 bridgehead atoms. The van der Waals surface area contributed by atoms with Gasteiger partial charge in [0.25, 0.3) is 0 Å². The molecule has 0 saturated heterocycles. The second kappa shape index (κ2) is 5.03. The van der Waals surface area contributed by atoms with Gasteiger partial charge in [0, 0.05) is 25.4 Å². The lowest BCUT2D eigenvalue weighted by atomic mass is 10.3. The molecule has 1 fully saturated rings. The highest BCUT2D eigenvalue weighted by molar-refractivity contribution is 4.89. The van der Waals surface area contributed by atoms with Gasteiger partial charge in [0.1, 0.15) is 0 Å². The Labute approximate surface area is 96.6 Å². The van der Waals surface area contributed by atoms with Crippen LogP contribution in [0.25, 0.3) is 0 Å². The molecule has 1 saturated carbocycles. The molecule has 96 valence electrons. The molecule has 1 heterocycles. The maximum absolute atomic E-state index is 12.0. The van der Waals surface area contributed by atoms with Crippen LogP contribution in [0.1, 0.15) is 31.0 Å². The minimum absolute atomic E-state index is 0.128. The maximum atomic E-state index is 12.0. The van der Waals surface area contributed by atoms with Crippen LogP contribution in [0.4, 0.5) is 13.2 Å². The number of nitrogens with zero attached hydrogens (tertiary/aromatic N) is 2. The highest BCUT2D eigenvalue weighted by atomic mass is 19.4. The molecule has 1 N–H and O–H groups in total. The summed E-state index contributed by atoms with van der Waals surface area (Å²) in [5.74, 6) is 0.527. The van der Waals surface area contributed by atoms with E-state index in [2.05, 4.69) is 15.5 Å². The Kier molecular flexibility index (Phi) is 3.66. The summed E-state index contributed by atoms with van der Waals surface area (Å²) in [5.41, 5.74) is 0. The van der Waals surface area contributed by atoms with E-state index in [1.54, 1.807) is 0 Å². The summed E-state index contributed by atoms with van der Waals surface area (Å²) in [7, 11) is 0. The van der Waals surface area contributed by atoms with Gasteiger partial charge in [0.05, 0.1) is 6.42 Å². The third kappa shape index (κ3) is 4.72. The van der Waals surface area contributed by atoms with E-state index in [1.807, 2.05) is 0 Å². The Bertz CT molecular complexity index is 360. The van der Waals surface area contributed by atoms with Gasteiger partial charge < -0.3 is 9.84 Å². The molecule has 0 unspecified atom stereocenters. The van der Waals surface area contributed by atoms with E-state index in [9.17, 15) is 13.2 Å². The van der Waals surface area contributed by atoms with Gasteiger partial charge >= 0.3 is 6.18 Å². The van der Waals surface area contributed by atoms with Crippen molar-refractivity contribution >= 4 is 0 Å². The number of halogens is 3. The quantitative estimate of drug-likeness (QED) is 0.836. The normalized spacial score (nSPS) is 16.4. The highest BCUT2D eigenvalue weighted by Gasteiger charge is 2.27. The van der Waals surface area contributed by atoms with Crippen molar-refractivity contribution in [3.8, 4) is 0 Å². The van der Waals surface area contributed by atoms with Crippen LogP contribution in [0, 0.1) is 0 Å². The number of rotatable bonds is 6. The zero-order valence-corrected chi connectivity index (χ0v) is 9.26. The first-order valence-corrected chi connectivity index (χ1v) is 5.64. The van der Waals surface area contributed by atoms with Crippen LogP contribution in [-0.4, -0.2) is 28.9 Å². The van der Waals surface area contributed by atoms with E-state index in [0.29, 0.717) is 18.4 Å². The fourth-order valence-electron chi connectivity index (χ4n) is 1.42. The standard InChI is InChI=1S/C10H14F3N3O/c11-10(12,13)5-3-8-15-9(17-16-8)4-6-14-7-1-2-7/h7,14H,1-6H2. The molecule has 0 aromatic carbocycles. The first-order valence-electron chi connectivity index (χ1n) is 5.64. The molecule has 0 radical (unpaired) electrons. The minimum atomic E-state index is -4.17. The third-order valence-corrected chi connectivity index (χ3v) is 2.49. The smallest absolute Gasteiger partial charge is 0.339 e. The summed E-state index contributed by atoms with van der Waals surface area (Å²) in [6.07, 6.45) is -2.35. The molecule has 0 aliphatic heterocycles. The number of nitrogens with one attached hydrogen (secondary N) is 1. The molecule has 1 aromatic heterocycles. The second-order valence-electron chi connectivity index (χ2n) is 4.20. The SMILES string of the molecule is FC(F)(F)CCc1noc(CCNC2CC2)n1. The van der Waals surface area contributed by atoms with Crippen molar-refractivity contribution in [2.75, 3.05) is 6.54 Å². The first-order chi connectivity index (χ1) is 8.03. The maximum Gasteiger partial charge on any atom is 0.389 e. The van der Waals surface area contributed by atoms with Crippen molar-refractivity contribution in [2.45, 2.75) is 44.3 Å². The largest absolute Gasteiger partial charge is 0.389 e. The Hall–Kier alpha value is -1.11. The Morgan fingerprint density at radius 3 is 2.71 bits per heavy atom. The van der Waals surface area contributed by atoms with E-state index in [4.69, 9.17) is 4.52 Å². The van der Waals surface area contributed by atoms with Gasteiger partial charge in [-0.15, -0.1) is 0 Å². The van der Waals surface area contributed by atoms with Gasteiger partial charge in [-0.3, -0.25) is 0 Å². The summed E-state index contributed by atoms with van der Waals surface area (Å²) in [6, 6.07) is 0.600. The molecule has 1 aliphatic rings. The monoisotopic (exact) mass is 249 g/mol. The fraction of sp³-hybridized carbons (Fsp3) is 0.800. The van der Waals surface area contributed by atoms with Crippen LogP contribution in [-0.2, 0) is 12.8 Å². The highest BCUT2D eigenvalue weighted by Crippen LogP contribution is 2.21. The summed E-state index contributed by atoms with van der Waals surface area (Å²) in [6.45, 7) is 0.728. The Morgan fingerprint density at radius 2 is 2.06 bits per heavy atom. The zero-order valence-electron chi connectivity index (χ0n) is 9.26. The fourth-order valence-corrected chi connectivity index (χ4v) is 1.42. The molecule has 4 nitrogen and oxygen atoms in total. The minimum Gasteiger partial charge on any atom is -0.339 e. The van der Waals surface area contributed by atoms with Crippen LogP contribution in [0.3, 0.4) is 0 Å². The lowest BCUT2D eigenvalue weighted by Crippen LogP contribution is -2.19. The van der Waals surface area contributed by atoms with Crippen molar-refractivity contribution in [3.05, 3.63) is 11.7 Å². The van der Waals surface area contributed by atoms with Crippen molar-refractivity contribution in [1.82, 2.24) is 15.5 Å². The average Bonchev–Trinajstić information content (AvgIpc) is 2.93. The average molecular weight is 249 g/mol.